The van der Waals surface area contributed by atoms with Crippen LogP contribution in [0, 0.1) is 85.8 Å². The molecule has 0 aliphatic rings. The summed E-state index contributed by atoms with van der Waals surface area (Å²) in [6.45, 7) is -11.2. The third kappa shape index (κ3) is 46.9. The number of ketones is 1. The van der Waals surface area contributed by atoms with Crippen LogP contribution >= 0.6 is 0 Å². The molecule has 6 atom stereocenters. The van der Waals surface area contributed by atoms with E-state index in [1.54, 1.807) is 80.6 Å². The van der Waals surface area contributed by atoms with Crippen molar-refractivity contribution >= 4 is 113 Å². The van der Waals surface area contributed by atoms with Crippen molar-refractivity contribution in [1.82, 2.24) is 56.0 Å². The van der Waals surface area contributed by atoms with Crippen molar-refractivity contribution < 1.29 is 232 Å². The Morgan fingerprint density at radius 2 is 0.827 bits per heavy atom. The van der Waals surface area contributed by atoms with Crippen molar-refractivity contribution in [3.05, 3.63) is 108 Å². The van der Waals surface area contributed by atoms with Gasteiger partial charge in [-0.05, 0) is 91.1 Å². The minimum Gasteiger partial charge on any atom is -0.549 e. The Morgan fingerprint density at radius 3 is 1.18 bits per heavy atom. The first kappa shape index (κ1) is 114. The number of hydrogen-bond acceptors (Lipinski definition) is 39. The number of aliphatic imine (C=N–C) groups is 1. The van der Waals surface area contributed by atoms with E-state index in [4.69, 9.17) is 26.7 Å². The van der Waals surface area contributed by atoms with Gasteiger partial charge in [0.25, 0.3) is 11.8 Å². The summed E-state index contributed by atoms with van der Waals surface area (Å²) in [5.41, 5.74) is 18.2. The number of benzene rings is 4. The Kier molecular flexibility index (Phi) is 55.1. The van der Waals surface area contributed by atoms with Crippen molar-refractivity contribution in [2.45, 2.75) is 82.6 Å². The van der Waals surface area contributed by atoms with E-state index in [2.05, 4.69) is 31.6 Å². The van der Waals surface area contributed by atoms with Crippen molar-refractivity contribution in [2.75, 3.05) is 144 Å². The second kappa shape index (κ2) is 61.4. The summed E-state index contributed by atoms with van der Waals surface area (Å²) >= 11 is 0. The van der Waals surface area contributed by atoms with Gasteiger partial charge >= 0.3 is 79.9 Å². The molecular weight excluding hydrogens is 1970 g/mol. The van der Waals surface area contributed by atoms with Crippen molar-refractivity contribution in [3.8, 4) is 33.8 Å². The van der Waals surface area contributed by atoms with E-state index in [1.165, 1.54) is 30.3 Å². The average Bonchev–Trinajstić information content (AvgIpc) is 0.821. The molecule has 4 aromatic carbocycles. The van der Waals surface area contributed by atoms with E-state index in [9.17, 15) is 142 Å². The number of amides is 5. The van der Waals surface area contributed by atoms with E-state index in [-0.39, 0.29) is 141 Å². The number of Topliss-reactive ketones (excluding diaryl/α,β-unsaturated/α-hetero) is 1. The molecule has 0 aliphatic carbocycles. The molecule has 4 rings (SSSR count). The second-order valence-corrected chi connectivity index (χ2v) is 28.1. The number of aliphatic carboxylic acids is 11. The molecule has 0 bridgehead atoms. The van der Waals surface area contributed by atoms with E-state index in [0.717, 1.165) is 29.4 Å². The zero-order valence-corrected chi connectivity index (χ0v) is 73.3. The van der Waals surface area contributed by atoms with E-state index in [1.807, 2.05) is 0 Å². The number of nitrogens with one attached hydrogen (secondary N) is 5. The van der Waals surface area contributed by atoms with Crippen LogP contribution in [-0.2, 0) is 76.7 Å². The quantitative estimate of drug-likeness (QED) is 0.00669. The van der Waals surface area contributed by atoms with Crippen molar-refractivity contribution in [2.24, 2.45) is 28.1 Å². The molecule has 0 aliphatic heterocycles. The number of carbonyl (C=O) groups excluding carboxylic acids is 18. The van der Waals surface area contributed by atoms with Crippen LogP contribution in [0.4, 0.5) is 0 Å². The molecule has 0 saturated heterocycles. The molecule has 2 unspecified atom stereocenters. The summed E-state index contributed by atoms with van der Waals surface area (Å²) in [5.74, 6) is -25.8. The Morgan fingerprint density at radius 1 is 0.449 bits per heavy atom. The summed E-state index contributed by atoms with van der Waals surface area (Å²) in [4.78, 5) is 227. The minimum atomic E-state index is -2.05. The molecule has 0 fully saturated rings. The van der Waals surface area contributed by atoms with Crippen LogP contribution in [0.2, 0.25) is 0 Å². The number of hydrogen-bond donors (Lipinski definition) is 8. The molecule has 2 radical (unpaired) electrons. The zero-order chi connectivity index (χ0) is 93.4. The van der Waals surface area contributed by atoms with Gasteiger partial charge in [0, 0.05) is 111 Å². The summed E-state index contributed by atoms with van der Waals surface area (Å²) in [5, 5.41) is 138. The van der Waals surface area contributed by atoms with Gasteiger partial charge in [0.2, 0.25) is 17.7 Å². The van der Waals surface area contributed by atoms with Crippen molar-refractivity contribution in [1.29, 1.82) is 0 Å². The summed E-state index contributed by atoms with van der Waals surface area (Å²) in [6, 6.07) is 19.7. The molecule has 0 saturated carbocycles. The number of nitrogens with two attached hydrogens (primary N) is 3. The summed E-state index contributed by atoms with van der Waals surface area (Å²) in [6.07, 6.45) is 2.68. The van der Waals surface area contributed by atoms with Gasteiger partial charge in [-0.1, -0.05) is 93.1 Å². The molecule has 48 heteroatoms. The molecule has 5 amide bonds. The number of guanidine groups is 1. The Labute approximate surface area is 791 Å². The maximum absolute atomic E-state index is 14.1. The maximum Gasteiger partial charge on any atom is 3.00 e. The molecule has 4 aromatic rings. The van der Waals surface area contributed by atoms with Gasteiger partial charge in [-0.3, -0.25) is 63.2 Å². The number of unbranched alkanes of at least 4 members (excludes halogenated alkanes) is 1. The average molecular weight is 2070 g/mol. The standard InChI is InChI=1S/C48H71N11O16.C31H36N4O15.2Gd/c1-3-30(2)44(47(74)55-36(13-9-17-52-48(50)51)46(73)54-33(28-60)12-7-8-16-49)56-38(61)21-53-45(72)35-20-32(31-10-5-4-6-11-31)14-15-37(35)75-29-34(59(26-42(68)69)27-43(70)71)22-57(23-39(62)63)18-19-58(24-40(64)65)25-41(66)67;36-23(31(48)49)11-32-30(47)22-10-20(19-4-2-1-3-5-19)6-7-24(22)50-18-21(35(16-28(43)44)17-29(45)46)12-33(13-25(37)38)8-9-34(14-26(39)40)15-27(41)42;;/h4-6,10-11,14-15,20,28,30,33-34,36,44H,3,7-9,12-13,16-19,21-27,29,49H2,1-2H3,(H,53,72)(H,54,73)(H,55,74)(H,56,61)(H,62,63)(H,64,65)(H,66,67)(H,68,69)(H,70,71)(H4,50,51,52);1-7,10,21H,8-9,11-18H2,(H,32,47)(H,37,38)(H,39,40)(H,41,42)(H,43,44)(H,45,46)(H,48,49);;/q;;2*+3/p-11/t30-,33-,34?,36+,44+;;;/m1.../s1. The van der Waals surface area contributed by atoms with Gasteiger partial charge in [0.15, 0.2) is 11.7 Å². The number of ether oxygens (including phenoxy) is 2. The van der Waals surface area contributed by atoms with Crippen LogP contribution in [0.3, 0.4) is 0 Å². The summed E-state index contributed by atoms with van der Waals surface area (Å²) in [7, 11) is 0. The molecule has 127 heavy (non-hydrogen) atoms. The Bertz CT molecular complexity index is 4320. The third-order valence-corrected chi connectivity index (χ3v) is 18.3. The number of carboxylic acids is 11. The Balaban J connectivity index is 0.00000135. The van der Waals surface area contributed by atoms with Crippen LogP contribution in [-0.4, -0.2) is 317 Å². The van der Waals surface area contributed by atoms with Crippen LogP contribution in [0.5, 0.6) is 11.5 Å². The monoisotopic (exact) mass is 2070 g/mol. The van der Waals surface area contributed by atoms with Gasteiger partial charge in [0.1, 0.15) is 49.1 Å². The fourth-order valence-electron chi connectivity index (χ4n) is 12.2. The third-order valence-electron chi connectivity index (χ3n) is 18.3. The molecule has 694 valence electrons. The molecule has 0 heterocycles. The largest absolute Gasteiger partial charge is 3.00 e. The number of nitrogens with zero attached hydrogens (tertiary/aromatic N) is 7. The number of carboxylic acid groups (broad SMARTS) is 11. The first-order valence-corrected chi connectivity index (χ1v) is 38.5. The predicted molar refractivity (Wildman–Crippen MR) is 410 cm³/mol. The van der Waals surface area contributed by atoms with E-state index in [0.29, 0.717) is 60.8 Å². The topological polar surface area (TPSA) is 749 Å². The van der Waals surface area contributed by atoms with Crippen LogP contribution in [0.15, 0.2) is 102 Å². The molecule has 0 spiro atoms. The van der Waals surface area contributed by atoms with Gasteiger partial charge in [0.05, 0.1) is 102 Å². The van der Waals surface area contributed by atoms with Gasteiger partial charge in [-0.15, -0.1) is 0 Å². The Hall–Kier alpha value is -11.0. The number of aldehydes is 1. The second-order valence-electron chi connectivity index (χ2n) is 28.1. The molecule has 46 nitrogen and oxygen atoms in total. The first-order chi connectivity index (χ1) is 59.1. The fourth-order valence-corrected chi connectivity index (χ4v) is 12.2. The van der Waals surface area contributed by atoms with Gasteiger partial charge < -0.3 is 167 Å². The predicted octanol–water partition coefficient (Wildman–Crippen LogP) is -17.8. The molecule has 0 aromatic heterocycles. The zero-order valence-electron chi connectivity index (χ0n) is 68.8. The SMILES string of the molecule is CC[C@@H](C)[C@H](NC(=O)CNC(=O)c1cc(-c2ccccc2)ccc1OCC(CN(CCN(CC(=O)[O-])CC(=O)[O-])CC(=O)[O-])N(CC(=O)[O-])CC(=O)[O-])C(=O)N[C@@H](CCCN=C(N)N)C(=O)N[C@@H](C=O)CCCCN.O=C([O-])CN(CCN(CC(=O)[O-])CC(COc1ccc(-c2ccccc2)cc1C(=O)NCC(=O)C(=O)[O-])N(CC(=O)[O-])CC(=O)[O-])CC(=O)[O-].[Gd+3].[Gd+3]. The maximum atomic E-state index is 14.1. The molecular formula is C79H96Gd2N15O31-5. The normalized spacial score (nSPS) is 12.3. The van der Waals surface area contributed by atoms with Crippen LogP contribution in [0.25, 0.3) is 22.3 Å². The number of rotatable bonds is 63. The minimum absolute atomic E-state index is 0. The molecule has 11 N–H and O–H groups in total. The van der Waals surface area contributed by atoms with Crippen molar-refractivity contribution in [3.63, 3.8) is 0 Å². The first-order valence-electron chi connectivity index (χ1n) is 38.5. The number of carbonyl (C=O) groups is 18. The van der Waals surface area contributed by atoms with Crippen LogP contribution < -0.4 is 109 Å². The van der Waals surface area contributed by atoms with E-state index < -0.39 is 255 Å². The van der Waals surface area contributed by atoms with E-state index >= 15 is 0 Å². The smallest absolute Gasteiger partial charge is 0.549 e. The fraction of sp³-hybridized carbons (Fsp3) is 0.456. The van der Waals surface area contributed by atoms with Gasteiger partial charge in [-0.2, -0.15) is 0 Å². The van der Waals surface area contributed by atoms with Gasteiger partial charge in [-0.25, -0.2) is 0 Å². The van der Waals surface area contributed by atoms with Crippen LogP contribution in [0.1, 0.15) is 73.1 Å². The summed E-state index contributed by atoms with van der Waals surface area (Å²) < 4.78 is 11.9.